The molecule has 100 valence electrons. The van der Waals surface area contributed by atoms with Crippen LogP contribution in [0, 0.1) is 6.92 Å². The van der Waals surface area contributed by atoms with Gasteiger partial charge in [-0.1, -0.05) is 6.07 Å². The van der Waals surface area contributed by atoms with Crippen LogP contribution in [0.3, 0.4) is 0 Å². The zero-order valence-corrected chi connectivity index (χ0v) is 13.1. The zero-order valence-electron chi connectivity index (χ0n) is 10.7. The van der Waals surface area contributed by atoms with Crippen molar-refractivity contribution in [3.8, 4) is 0 Å². The summed E-state index contributed by atoms with van der Waals surface area (Å²) >= 11 is 9.45. The fourth-order valence-corrected chi connectivity index (χ4v) is 2.61. The van der Waals surface area contributed by atoms with E-state index in [1.807, 2.05) is 25.1 Å². The summed E-state index contributed by atoms with van der Waals surface area (Å²) < 4.78 is 5.75. The average molecular weight is 335 g/mol. The number of amides is 1. The first-order chi connectivity index (χ1) is 8.45. The Labute approximate surface area is 121 Å². The Hall–Kier alpha value is -0.580. The molecule has 0 bridgehead atoms. The Bertz CT molecular complexity index is 425. The summed E-state index contributed by atoms with van der Waals surface area (Å²) in [4.78, 5) is 13.8. The lowest BCUT2D eigenvalue weighted by Crippen LogP contribution is -2.34. The van der Waals surface area contributed by atoms with Gasteiger partial charge in [0.1, 0.15) is 0 Å². The molecule has 0 saturated carbocycles. The molecule has 1 rings (SSSR count). The van der Waals surface area contributed by atoms with Gasteiger partial charge in [-0.05, 0) is 40.5 Å². The number of alkyl halides is 1. The molecule has 5 heteroatoms. The second-order valence-electron chi connectivity index (χ2n) is 4.22. The minimum absolute atomic E-state index is 0.0522. The standard InChI is InChI=1S/C13H17BrClNO2/c1-9-4-5-11(12(14)6-9)13(17)16(2)7-10(15)8-18-3/h4-6,10H,7-8H2,1-3H3. The lowest BCUT2D eigenvalue weighted by molar-refractivity contribution is 0.0781. The molecule has 0 radical (unpaired) electrons. The molecule has 0 spiro atoms. The van der Waals surface area contributed by atoms with Gasteiger partial charge in [-0.3, -0.25) is 4.79 Å². The van der Waals surface area contributed by atoms with Crippen molar-refractivity contribution in [1.82, 2.24) is 4.90 Å². The van der Waals surface area contributed by atoms with Crippen LogP contribution in [0.1, 0.15) is 15.9 Å². The first kappa shape index (κ1) is 15.5. The molecule has 0 aliphatic carbocycles. The summed E-state index contributed by atoms with van der Waals surface area (Å²) in [5.41, 5.74) is 1.75. The minimum Gasteiger partial charge on any atom is -0.383 e. The lowest BCUT2D eigenvalue weighted by atomic mass is 10.1. The van der Waals surface area contributed by atoms with Crippen molar-refractivity contribution in [3.05, 3.63) is 33.8 Å². The Morgan fingerprint density at radius 3 is 2.78 bits per heavy atom. The molecule has 1 aromatic rings. The monoisotopic (exact) mass is 333 g/mol. The highest BCUT2D eigenvalue weighted by atomic mass is 79.9. The highest BCUT2D eigenvalue weighted by Crippen LogP contribution is 2.20. The normalized spacial score (nSPS) is 12.3. The Morgan fingerprint density at radius 1 is 1.56 bits per heavy atom. The van der Waals surface area contributed by atoms with E-state index in [0.717, 1.165) is 10.0 Å². The molecule has 1 unspecified atom stereocenters. The van der Waals surface area contributed by atoms with Crippen molar-refractivity contribution in [2.24, 2.45) is 0 Å². The molecule has 0 N–H and O–H groups in total. The Kier molecular flexibility index (Phi) is 6.12. The van der Waals surface area contributed by atoms with Crippen LogP contribution in [0.15, 0.2) is 22.7 Å². The zero-order chi connectivity index (χ0) is 13.7. The van der Waals surface area contributed by atoms with Gasteiger partial charge < -0.3 is 9.64 Å². The number of halogens is 2. The van der Waals surface area contributed by atoms with Crippen LogP contribution >= 0.6 is 27.5 Å². The predicted octanol–water partition coefficient (Wildman–Crippen LogP) is 3.08. The molecule has 0 saturated heterocycles. The molecule has 0 aliphatic rings. The number of nitrogens with zero attached hydrogens (tertiary/aromatic N) is 1. The second kappa shape index (κ2) is 7.12. The maximum Gasteiger partial charge on any atom is 0.254 e. The van der Waals surface area contributed by atoms with E-state index < -0.39 is 0 Å². The topological polar surface area (TPSA) is 29.5 Å². The number of hydrogen-bond donors (Lipinski definition) is 0. The molecule has 3 nitrogen and oxygen atoms in total. The van der Waals surface area contributed by atoms with Gasteiger partial charge in [0.25, 0.3) is 5.91 Å². The third-order valence-corrected chi connectivity index (χ3v) is 3.44. The van der Waals surface area contributed by atoms with Gasteiger partial charge in [0, 0.05) is 25.2 Å². The maximum absolute atomic E-state index is 12.2. The number of carbonyl (C=O) groups is 1. The smallest absolute Gasteiger partial charge is 0.254 e. The third-order valence-electron chi connectivity index (χ3n) is 2.52. The van der Waals surface area contributed by atoms with E-state index in [1.54, 1.807) is 19.1 Å². The van der Waals surface area contributed by atoms with E-state index in [9.17, 15) is 4.79 Å². The van der Waals surface area contributed by atoms with E-state index in [2.05, 4.69) is 15.9 Å². The van der Waals surface area contributed by atoms with E-state index in [-0.39, 0.29) is 11.3 Å². The number of methoxy groups -OCH3 is 1. The summed E-state index contributed by atoms with van der Waals surface area (Å²) in [7, 11) is 3.33. The van der Waals surface area contributed by atoms with Crippen LogP contribution in [-0.2, 0) is 4.74 Å². The number of carbonyl (C=O) groups excluding carboxylic acids is 1. The van der Waals surface area contributed by atoms with Gasteiger partial charge in [-0.2, -0.15) is 0 Å². The fourth-order valence-electron chi connectivity index (χ4n) is 1.61. The minimum atomic E-state index is -0.201. The van der Waals surface area contributed by atoms with Crippen LogP contribution in [0.4, 0.5) is 0 Å². The molecule has 0 aliphatic heterocycles. The largest absolute Gasteiger partial charge is 0.383 e. The first-order valence-electron chi connectivity index (χ1n) is 5.60. The van der Waals surface area contributed by atoms with E-state index >= 15 is 0 Å². The molecular formula is C13H17BrClNO2. The van der Waals surface area contributed by atoms with Crippen LogP contribution < -0.4 is 0 Å². The average Bonchev–Trinajstić information content (AvgIpc) is 2.28. The van der Waals surface area contributed by atoms with Gasteiger partial charge in [0.05, 0.1) is 17.5 Å². The first-order valence-corrected chi connectivity index (χ1v) is 6.83. The summed E-state index contributed by atoms with van der Waals surface area (Å²) in [5.74, 6) is -0.0522. The number of rotatable bonds is 5. The number of hydrogen-bond acceptors (Lipinski definition) is 2. The van der Waals surface area contributed by atoms with Gasteiger partial charge in [0.2, 0.25) is 0 Å². The molecule has 0 fully saturated rings. The SMILES string of the molecule is COCC(Cl)CN(C)C(=O)c1ccc(C)cc1Br. The van der Waals surface area contributed by atoms with Gasteiger partial charge in [-0.25, -0.2) is 0 Å². The molecule has 0 heterocycles. The van der Waals surface area contributed by atoms with Crippen molar-refractivity contribution in [2.75, 3.05) is 27.3 Å². The van der Waals surface area contributed by atoms with Crippen molar-refractivity contribution in [3.63, 3.8) is 0 Å². The second-order valence-corrected chi connectivity index (χ2v) is 5.69. The van der Waals surface area contributed by atoms with Gasteiger partial charge in [-0.15, -0.1) is 11.6 Å². The van der Waals surface area contributed by atoms with Crippen LogP contribution in [0.2, 0.25) is 0 Å². The summed E-state index contributed by atoms with van der Waals surface area (Å²) in [6.45, 7) is 2.86. The van der Waals surface area contributed by atoms with Crippen LogP contribution in [0.5, 0.6) is 0 Å². The molecule has 1 amide bonds. The highest BCUT2D eigenvalue weighted by molar-refractivity contribution is 9.10. The highest BCUT2D eigenvalue weighted by Gasteiger charge is 2.17. The van der Waals surface area contributed by atoms with Gasteiger partial charge >= 0.3 is 0 Å². The molecule has 18 heavy (non-hydrogen) atoms. The van der Waals surface area contributed by atoms with E-state index in [1.165, 1.54) is 0 Å². The Balaban J connectivity index is 2.74. The van der Waals surface area contributed by atoms with Crippen molar-refractivity contribution < 1.29 is 9.53 Å². The molecule has 1 aromatic carbocycles. The summed E-state index contributed by atoms with van der Waals surface area (Å²) in [5, 5.41) is -0.201. The van der Waals surface area contributed by atoms with Crippen LogP contribution in [-0.4, -0.2) is 43.5 Å². The lowest BCUT2D eigenvalue weighted by Gasteiger charge is -2.20. The van der Waals surface area contributed by atoms with Crippen molar-refractivity contribution >= 4 is 33.4 Å². The van der Waals surface area contributed by atoms with Crippen LogP contribution in [0.25, 0.3) is 0 Å². The molecule has 0 aromatic heterocycles. The summed E-state index contributed by atoms with van der Waals surface area (Å²) in [6.07, 6.45) is 0. The summed E-state index contributed by atoms with van der Waals surface area (Å²) in [6, 6.07) is 5.66. The van der Waals surface area contributed by atoms with Crippen molar-refractivity contribution in [2.45, 2.75) is 12.3 Å². The number of ether oxygens (including phenoxy) is 1. The fraction of sp³-hybridized carbons (Fsp3) is 0.462. The molecular weight excluding hydrogens is 318 g/mol. The maximum atomic E-state index is 12.2. The number of benzene rings is 1. The quantitative estimate of drug-likeness (QED) is 0.775. The van der Waals surface area contributed by atoms with Gasteiger partial charge in [0.15, 0.2) is 0 Å². The predicted molar refractivity (Wildman–Crippen MR) is 77.4 cm³/mol. The van der Waals surface area contributed by atoms with Crippen molar-refractivity contribution in [1.29, 1.82) is 0 Å². The Morgan fingerprint density at radius 2 is 2.22 bits per heavy atom. The third kappa shape index (κ3) is 4.26. The van der Waals surface area contributed by atoms with E-state index in [0.29, 0.717) is 18.7 Å². The number of aryl methyl sites for hydroxylation is 1. The molecule has 1 atom stereocenters. The van der Waals surface area contributed by atoms with E-state index in [4.69, 9.17) is 16.3 Å².